The van der Waals surface area contributed by atoms with Crippen LogP contribution in [0.5, 0.6) is 0 Å². The molecule has 12 heavy (non-hydrogen) atoms. The third kappa shape index (κ3) is 1.35. The molecule has 0 unspecified atom stereocenters. The summed E-state index contributed by atoms with van der Waals surface area (Å²) < 4.78 is 2.21. The van der Waals surface area contributed by atoms with Crippen LogP contribution in [0.3, 0.4) is 0 Å². The lowest BCUT2D eigenvalue weighted by molar-refractivity contribution is 0.0859. The predicted octanol–water partition coefficient (Wildman–Crippen LogP) is 0.480. The highest BCUT2D eigenvalue weighted by atomic mass is 16.6. The molecule has 1 aliphatic rings. The van der Waals surface area contributed by atoms with Gasteiger partial charge in [-0.2, -0.15) is 5.48 Å². The predicted molar refractivity (Wildman–Crippen MR) is 44.4 cm³/mol. The minimum absolute atomic E-state index is 0.691. The molecule has 4 nitrogen and oxygen atoms in total. The van der Waals surface area contributed by atoms with Gasteiger partial charge in [0.05, 0.1) is 19.3 Å². The van der Waals surface area contributed by atoms with Crippen LogP contribution in [0.15, 0.2) is 6.20 Å². The molecule has 0 saturated carbocycles. The number of hydrogen-bond donors (Lipinski definition) is 1. The van der Waals surface area contributed by atoms with Crippen molar-refractivity contribution in [3.63, 3.8) is 0 Å². The van der Waals surface area contributed by atoms with Crippen molar-refractivity contribution in [1.82, 2.24) is 15.0 Å². The van der Waals surface area contributed by atoms with Crippen molar-refractivity contribution in [3.8, 4) is 0 Å². The molecular weight excluding hydrogens is 154 g/mol. The maximum atomic E-state index is 4.75. The standard InChI is InChI=1S/C8H13N3O/c1-12-9-5-7-6-11-4-2-3-8(11)10-7/h6,9H,2-5H2,1H3. The molecule has 1 N–H and O–H groups in total. The van der Waals surface area contributed by atoms with E-state index in [1.54, 1.807) is 7.11 Å². The van der Waals surface area contributed by atoms with Gasteiger partial charge in [0.25, 0.3) is 0 Å². The summed E-state index contributed by atoms with van der Waals surface area (Å²) >= 11 is 0. The van der Waals surface area contributed by atoms with Gasteiger partial charge >= 0.3 is 0 Å². The molecule has 1 aromatic rings. The molecule has 0 aromatic carbocycles. The summed E-state index contributed by atoms with van der Waals surface area (Å²) in [5.41, 5.74) is 3.84. The summed E-state index contributed by atoms with van der Waals surface area (Å²) in [7, 11) is 1.61. The van der Waals surface area contributed by atoms with Crippen LogP contribution >= 0.6 is 0 Å². The number of nitrogens with zero attached hydrogens (tertiary/aromatic N) is 2. The zero-order chi connectivity index (χ0) is 8.39. The Balaban J connectivity index is 2.05. The highest BCUT2D eigenvalue weighted by Gasteiger charge is 2.12. The number of rotatable bonds is 3. The van der Waals surface area contributed by atoms with Gasteiger partial charge in [-0.1, -0.05) is 0 Å². The average Bonchev–Trinajstić information content (AvgIpc) is 2.58. The van der Waals surface area contributed by atoms with Gasteiger partial charge in [-0.25, -0.2) is 4.98 Å². The summed E-state index contributed by atoms with van der Waals surface area (Å²) in [4.78, 5) is 9.20. The summed E-state index contributed by atoms with van der Waals surface area (Å²) in [6.07, 6.45) is 4.45. The second-order valence-electron chi connectivity index (χ2n) is 2.97. The Labute approximate surface area is 71.5 Å². The van der Waals surface area contributed by atoms with Crippen molar-refractivity contribution in [1.29, 1.82) is 0 Å². The third-order valence-electron chi connectivity index (χ3n) is 2.11. The van der Waals surface area contributed by atoms with E-state index in [0.29, 0.717) is 6.54 Å². The van der Waals surface area contributed by atoms with Crippen LogP contribution in [0.2, 0.25) is 0 Å². The van der Waals surface area contributed by atoms with Gasteiger partial charge in [0.2, 0.25) is 0 Å². The molecule has 2 rings (SSSR count). The summed E-state index contributed by atoms with van der Waals surface area (Å²) in [5, 5.41) is 0. The molecule has 0 atom stereocenters. The Bertz CT molecular complexity index is 248. The smallest absolute Gasteiger partial charge is 0.109 e. The molecular formula is C8H13N3O. The first kappa shape index (κ1) is 7.76. The second kappa shape index (κ2) is 3.25. The molecule has 0 radical (unpaired) electrons. The van der Waals surface area contributed by atoms with Crippen LogP contribution in [0.1, 0.15) is 17.9 Å². The Morgan fingerprint density at radius 3 is 3.42 bits per heavy atom. The molecule has 66 valence electrons. The number of nitrogens with one attached hydrogen (secondary N) is 1. The maximum absolute atomic E-state index is 4.75. The Morgan fingerprint density at radius 1 is 1.75 bits per heavy atom. The van der Waals surface area contributed by atoms with Crippen molar-refractivity contribution < 1.29 is 4.84 Å². The van der Waals surface area contributed by atoms with E-state index in [2.05, 4.69) is 21.2 Å². The number of hydroxylamine groups is 1. The average molecular weight is 167 g/mol. The van der Waals surface area contributed by atoms with Gasteiger partial charge in [0, 0.05) is 19.2 Å². The molecule has 1 aromatic heterocycles. The van der Waals surface area contributed by atoms with Crippen LogP contribution in [0, 0.1) is 0 Å². The first-order chi connectivity index (χ1) is 5.90. The summed E-state index contributed by atoms with van der Waals surface area (Å²) in [6, 6.07) is 0. The van der Waals surface area contributed by atoms with Gasteiger partial charge < -0.3 is 9.40 Å². The second-order valence-corrected chi connectivity index (χ2v) is 2.97. The van der Waals surface area contributed by atoms with Gasteiger partial charge in [-0.3, -0.25) is 0 Å². The Hall–Kier alpha value is -0.870. The fourth-order valence-electron chi connectivity index (χ4n) is 1.55. The quantitative estimate of drug-likeness (QED) is 0.665. The molecule has 0 spiro atoms. The minimum atomic E-state index is 0.691. The highest BCUT2D eigenvalue weighted by Crippen LogP contribution is 2.13. The van der Waals surface area contributed by atoms with Crippen molar-refractivity contribution >= 4 is 0 Å². The van der Waals surface area contributed by atoms with Gasteiger partial charge in [0.15, 0.2) is 0 Å². The van der Waals surface area contributed by atoms with Gasteiger partial charge in [0.1, 0.15) is 5.82 Å². The zero-order valence-electron chi connectivity index (χ0n) is 7.21. The van der Waals surface area contributed by atoms with E-state index in [1.165, 1.54) is 12.2 Å². The van der Waals surface area contributed by atoms with Crippen LogP contribution in [0.4, 0.5) is 0 Å². The van der Waals surface area contributed by atoms with Crippen LogP contribution < -0.4 is 5.48 Å². The molecule has 0 bridgehead atoms. The normalized spacial score (nSPS) is 15.1. The lowest BCUT2D eigenvalue weighted by Crippen LogP contribution is -2.11. The van der Waals surface area contributed by atoms with Crippen LogP contribution in [-0.4, -0.2) is 16.7 Å². The monoisotopic (exact) mass is 167 g/mol. The van der Waals surface area contributed by atoms with Gasteiger partial charge in [-0.05, 0) is 6.42 Å². The fraction of sp³-hybridized carbons (Fsp3) is 0.625. The Kier molecular flexibility index (Phi) is 2.10. The van der Waals surface area contributed by atoms with E-state index in [9.17, 15) is 0 Å². The molecule has 4 heteroatoms. The van der Waals surface area contributed by atoms with Crippen molar-refractivity contribution in [3.05, 3.63) is 17.7 Å². The molecule has 0 amide bonds. The molecule has 0 fully saturated rings. The van der Waals surface area contributed by atoms with Crippen molar-refractivity contribution in [2.24, 2.45) is 0 Å². The Morgan fingerprint density at radius 2 is 2.67 bits per heavy atom. The number of aromatic nitrogens is 2. The number of hydrogen-bond acceptors (Lipinski definition) is 3. The van der Waals surface area contributed by atoms with E-state index in [-0.39, 0.29) is 0 Å². The lowest BCUT2D eigenvalue weighted by Gasteiger charge is -1.96. The lowest BCUT2D eigenvalue weighted by atomic mass is 10.3. The van der Waals surface area contributed by atoms with E-state index in [4.69, 9.17) is 4.84 Å². The van der Waals surface area contributed by atoms with Crippen molar-refractivity contribution in [2.45, 2.75) is 25.9 Å². The SMILES string of the molecule is CONCc1cn2c(n1)CCC2. The van der Waals surface area contributed by atoms with E-state index >= 15 is 0 Å². The number of imidazole rings is 1. The molecule has 0 aliphatic carbocycles. The van der Waals surface area contributed by atoms with Crippen molar-refractivity contribution in [2.75, 3.05) is 7.11 Å². The minimum Gasteiger partial charge on any atom is -0.335 e. The van der Waals surface area contributed by atoms with E-state index < -0.39 is 0 Å². The van der Waals surface area contributed by atoms with E-state index in [1.807, 2.05) is 0 Å². The number of aryl methyl sites for hydroxylation is 2. The van der Waals surface area contributed by atoms with Gasteiger partial charge in [-0.15, -0.1) is 0 Å². The zero-order valence-corrected chi connectivity index (χ0v) is 7.21. The topological polar surface area (TPSA) is 39.1 Å². The fourth-order valence-corrected chi connectivity index (χ4v) is 1.55. The first-order valence-corrected chi connectivity index (χ1v) is 4.21. The first-order valence-electron chi connectivity index (χ1n) is 4.21. The van der Waals surface area contributed by atoms with Crippen LogP contribution in [-0.2, 0) is 24.3 Å². The van der Waals surface area contributed by atoms with E-state index in [0.717, 1.165) is 18.7 Å². The highest BCUT2D eigenvalue weighted by molar-refractivity contribution is 5.06. The summed E-state index contributed by atoms with van der Waals surface area (Å²) in [6.45, 7) is 1.81. The largest absolute Gasteiger partial charge is 0.335 e. The number of fused-ring (bicyclic) bond motifs is 1. The molecule has 0 saturated heterocycles. The molecule has 2 heterocycles. The molecule has 1 aliphatic heterocycles. The van der Waals surface area contributed by atoms with Crippen LogP contribution in [0.25, 0.3) is 0 Å². The maximum Gasteiger partial charge on any atom is 0.109 e. The summed E-state index contributed by atoms with van der Waals surface area (Å²) in [5.74, 6) is 1.21. The third-order valence-corrected chi connectivity index (χ3v) is 2.11.